The van der Waals surface area contributed by atoms with E-state index < -0.39 is 5.79 Å². The number of rotatable bonds is 9. The standard InChI is InChI=1S/C17H32O3/c1-4-14(18)12-16-15(19-17(2,3)20-16)9-7-5-6-8-13-10-11-13/h13-16,18H,4-12H2,1-3H3/t14-,15-,16-/m1/s1. The van der Waals surface area contributed by atoms with Gasteiger partial charge in [-0.3, -0.25) is 0 Å². The zero-order valence-electron chi connectivity index (χ0n) is 13.4. The third-order valence-corrected chi connectivity index (χ3v) is 4.56. The monoisotopic (exact) mass is 284 g/mol. The molecule has 1 heterocycles. The van der Waals surface area contributed by atoms with E-state index >= 15 is 0 Å². The van der Waals surface area contributed by atoms with Crippen LogP contribution >= 0.6 is 0 Å². The van der Waals surface area contributed by atoms with Crippen molar-refractivity contribution in [3.05, 3.63) is 0 Å². The lowest BCUT2D eigenvalue weighted by Gasteiger charge is -2.19. The molecule has 1 saturated carbocycles. The van der Waals surface area contributed by atoms with Crippen molar-refractivity contribution in [1.29, 1.82) is 0 Å². The Kier molecular flexibility index (Phi) is 5.88. The lowest BCUT2D eigenvalue weighted by Crippen LogP contribution is -2.27. The van der Waals surface area contributed by atoms with Gasteiger partial charge in [0.25, 0.3) is 0 Å². The molecule has 3 nitrogen and oxygen atoms in total. The lowest BCUT2D eigenvalue weighted by atomic mass is 10.00. The fourth-order valence-electron chi connectivity index (χ4n) is 3.15. The predicted molar refractivity (Wildman–Crippen MR) is 80.5 cm³/mol. The van der Waals surface area contributed by atoms with Crippen LogP contribution in [-0.2, 0) is 9.47 Å². The van der Waals surface area contributed by atoms with Crippen LogP contribution in [0.2, 0.25) is 0 Å². The minimum absolute atomic E-state index is 0.0587. The molecule has 1 saturated heterocycles. The van der Waals surface area contributed by atoms with Gasteiger partial charge >= 0.3 is 0 Å². The molecular formula is C17H32O3. The van der Waals surface area contributed by atoms with Crippen LogP contribution in [0.4, 0.5) is 0 Å². The molecule has 0 radical (unpaired) electrons. The van der Waals surface area contributed by atoms with Gasteiger partial charge in [-0.25, -0.2) is 0 Å². The van der Waals surface area contributed by atoms with Crippen molar-refractivity contribution < 1.29 is 14.6 Å². The summed E-state index contributed by atoms with van der Waals surface area (Å²) in [7, 11) is 0. The largest absolute Gasteiger partial charge is 0.393 e. The fraction of sp³-hybridized carbons (Fsp3) is 1.00. The second-order valence-corrected chi connectivity index (χ2v) is 7.09. The molecule has 0 unspecified atom stereocenters. The molecule has 3 heteroatoms. The molecule has 20 heavy (non-hydrogen) atoms. The highest BCUT2D eigenvalue weighted by atomic mass is 16.7. The molecule has 3 atom stereocenters. The molecule has 0 amide bonds. The smallest absolute Gasteiger partial charge is 0.163 e. The second kappa shape index (κ2) is 7.24. The summed E-state index contributed by atoms with van der Waals surface area (Å²) in [6, 6.07) is 0. The van der Waals surface area contributed by atoms with E-state index in [1.807, 2.05) is 20.8 Å². The summed E-state index contributed by atoms with van der Waals surface area (Å²) < 4.78 is 12.0. The average Bonchev–Trinajstić information content (AvgIpc) is 3.15. The van der Waals surface area contributed by atoms with Gasteiger partial charge in [0.05, 0.1) is 18.3 Å². The number of unbranched alkanes of at least 4 members (excludes halogenated alkanes) is 2. The van der Waals surface area contributed by atoms with Crippen LogP contribution in [0.15, 0.2) is 0 Å². The zero-order valence-corrected chi connectivity index (χ0v) is 13.4. The minimum Gasteiger partial charge on any atom is -0.393 e. The first kappa shape index (κ1) is 16.3. The van der Waals surface area contributed by atoms with Crippen LogP contribution in [0.3, 0.4) is 0 Å². The SMILES string of the molecule is CC[C@@H](O)C[C@H]1OC(C)(C)O[C@@H]1CCCCCC1CC1. The second-order valence-electron chi connectivity index (χ2n) is 7.09. The van der Waals surface area contributed by atoms with Crippen LogP contribution in [0.25, 0.3) is 0 Å². The van der Waals surface area contributed by atoms with Crippen LogP contribution in [0.1, 0.15) is 78.6 Å². The van der Waals surface area contributed by atoms with Gasteiger partial charge < -0.3 is 14.6 Å². The van der Waals surface area contributed by atoms with E-state index in [4.69, 9.17) is 9.47 Å². The molecule has 0 bridgehead atoms. The van der Waals surface area contributed by atoms with E-state index in [1.165, 1.54) is 38.5 Å². The maximum atomic E-state index is 9.85. The maximum absolute atomic E-state index is 9.85. The van der Waals surface area contributed by atoms with Crippen LogP contribution in [0.5, 0.6) is 0 Å². The molecule has 2 aliphatic rings. The third-order valence-electron chi connectivity index (χ3n) is 4.56. The number of aliphatic hydroxyl groups is 1. The maximum Gasteiger partial charge on any atom is 0.163 e. The summed E-state index contributed by atoms with van der Waals surface area (Å²) >= 11 is 0. The van der Waals surface area contributed by atoms with Gasteiger partial charge in [-0.1, -0.05) is 45.4 Å². The summed E-state index contributed by atoms with van der Waals surface area (Å²) in [6.45, 7) is 5.97. The van der Waals surface area contributed by atoms with E-state index in [9.17, 15) is 5.11 Å². The van der Waals surface area contributed by atoms with Gasteiger partial charge in [0.15, 0.2) is 5.79 Å². The lowest BCUT2D eigenvalue weighted by molar-refractivity contribution is -0.148. The Morgan fingerprint density at radius 2 is 1.70 bits per heavy atom. The molecule has 0 spiro atoms. The summed E-state index contributed by atoms with van der Waals surface area (Å²) in [5.41, 5.74) is 0. The third kappa shape index (κ3) is 5.34. The predicted octanol–water partition coefficient (Wildman–Crippen LogP) is 4.03. The first-order valence-corrected chi connectivity index (χ1v) is 8.54. The van der Waals surface area contributed by atoms with E-state index in [2.05, 4.69) is 0 Å². The van der Waals surface area contributed by atoms with E-state index in [1.54, 1.807) is 0 Å². The Morgan fingerprint density at radius 1 is 1.05 bits per heavy atom. The minimum atomic E-state index is -0.489. The Bertz CT molecular complexity index is 286. The summed E-state index contributed by atoms with van der Waals surface area (Å²) in [5, 5.41) is 9.85. The molecule has 118 valence electrons. The number of ether oxygens (including phenoxy) is 2. The Hall–Kier alpha value is -0.120. The zero-order chi connectivity index (χ0) is 14.6. The normalized spacial score (nSPS) is 30.6. The van der Waals surface area contributed by atoms with Gasteiger partial charge in [-0.05, 0) is 32.6 Å². The highest BCUT2D eigenvalue weighted by molar-refractivity contribution is 4.83. The van der Waals surface area contributed by atoms with Crippen molar-refractivity contribution in [3.8, 4) is 0 Å². The van der Waals surface area contributed by atoms with E-state index in [0.29, 0.717) is 6.42 Å². The summed E-state index contributed by atoms with van der Waals surface area (Å²) in [6.07, 6.45) is 10.7. The number of aliphatic hydroxyl groups excluding tert-OH is 1. The summed E-state index contributed by atoms with van der Waals surface area (Å²) in [4.78, 5) is 0. The van der Waals surface area contributed by atoms with Crippen molar-refractivity contribution >= 4 is 0 Å². The molecule has 1 aliphatic heterocycles. The molecule has 0 aromatic carbocycles. The Morgan fingerprint density at radius 3 is 2.35 bits per heavy atom. The molecule has 2 rings (SSSR count). The van der Waals surface area contributed by atoms with Gasteiger partial charge in [0.1, 0.15) is 0 Å². The van der Waals surface area contributed by atoms with Gasteiger partial charge in [0.2, 0.25) is 0 Å². The first-order valence-electron chi connectivity index (χ1n) is 8.54. The molecule has 0 aromatic rings. The molecule has 2 fully saturated rings. The highest BCUT2D eigenvalue weighted by Crippen LogP contribution is 2.35. The highest BCUT2D eigenvalue weighted by Gasteiger charge is 2.41. The van der Waals surface area contributed by atoms with Crippen molar-refractivity contribution in [2.45, 2.75) is 103 Å². The van der Waals surface area contributed by atoms with Crippen LogP contribution in [-0.4, -0.2) is 29.2 Å². The fourth-order valence-corrected chi connectivity index (χ4v) is 3.15. The first-order chi connectivity index (χ1) is 9.50. The van der Waals surface area contributed by atoms with Crippen LogP contribution in [0, 0.1) is 5.92 Å². The van der Waals surface area contributed by atoms with Gasteiger partial charge in [0, 0.05) is 6.42 Å². The van der Waals surface area contributed by atoms with Crippen molar-refractivity contribution in [2.24, 2.45) is 5.92 Å². The number of hydrogen-bond donors (Lipinski definition) is 1. The molecule has 1 aliphatic carbocycles. The van der Waals surface area contributed by atoms with Crippen molar-refractivity contribution in [3.63, 3.8) is 0 Å². The molecule has 0 aromatic heterocycles. The van der Waals surface area contributed by atoms with Crippen molar-refractivity contribution in [1.82, 2.24) is 0 Å². The van der Waals surface area contributed by atoms with Crippen molar-refractivity contribution in [2.75, 3.05) is 0 Å². The van der Waals surface area contributed by atoms with Gasteiger partial charge in [-0.15, -0.1) is 0 Å². The Balaban J connectivity index is 1.68. The molecule has 1 N–H and O–H groups in total. The van der Waals surface area contributed by atoms with E-state index in [-0.39, 0.29) is 18.3 Å². The topological polar surface area (TPSA) is 38.7 Å². The number of hydrogen-bond acceptors (Lipinski definition) is 3. The quantitative estimate of drug-likeness (QED) is 0.650. The van der Waals surface area contributed by atoms with E-state index in [0.717, 1.165) is 18.8 Å². The van der Waals surface area contributed by atoms with Gasteiger partial charge in [-0.2, -0.15) is 0 Å². The summed E-state index contributed by atoms with van der Waals surface area (Å²) in [5.74, 6) is 0.559. The average molecular weight is 284 g/mol. The Labute approximate surface area is 124 Å². The van der Waals surface area contributed by atoms with Crippen LogP contribution < -0.4 is 0 Å². The molecular weight excluding hydrogens is 252 g/mol.